The van der Waals surface area contributed by atoms with Gasteiger partial charge in [-0.05, 0) is 54.7 Å². The molecule has 2 aromatic carbocycles. The van der Waals surface area contributed by atoms with E-state index in [0.717, 1.165) is 0 Å². The SMILES string of the molecule is COc1ccc(S(N)(=O)=O)cc1NC(=O)c1ccc(C2CCCCC2)cc1. The van der Waals surface area contributed by atoms with Gasteiger partial charge in [0.15, 0.2) is 0 Å². The van der Waals surface area contributed by atoms with Gasteiger partial charge < -0.3 is 10.1 Å². The van der Waals surface area contributed by atoms with Crippen LogP contribution >= 0.6 is 0 Å². The molecule has 0 aliphatic heterocycles. The molecule has 3 N–H and O–H groups in total. The predicted octanol–water partition coefficient (Wildman–Crippen LogP) is 3.64. The Labute approximate surface area is 159 Å². The van der Waals surface area contributed by atoms with E-state index in [4.69, 9.17) is 9.88 Å². The molecule has 3 rings (SSSR count). The Morgan fingerprint density at radius 2 is 1.74 bits per heavy atom. The Kier molecular flexibility index (Phi) is 5.82. The average Bonchev–Trinajstić information content (AvgIpc) is 2.68. The molecule has 0 spiro atoms. The molecule has 27 heavy (non-hydrogen) atoms. The first kappa shape index (κ1) is 19.4. The molecule has 1 amide bonds. The number of sulfonamides is 1. The normalized spacial score (nSPS) is 15.3. The fraction of sp³-hybridized carbons (Fsp3) is 0.350. The molecule has 7 heteroatoms. The van der Waals surface area contributed by atoms with Crippen LogP contribution in [0, 0.1) is 0 Å². The molecule has 2 aromatic rings. The number of carbonyl (C=O) groups excluding carboxylic acids is 1. The van der Waals surface area contributed by atoms with Crippen molar-refractivity contribution in [2.45, 2.75) is 42.9 Å². The van der Waals surface area contributed by atoms with Gasteiger partial charge in [0.25, 0.3) is 5.91 Å². The maximum Gasteiger partial charge on any atom is 0.255 e. The van der Waals surface area contributed by atoms with Crippen LogP contribution in [-0.2, 0) is 10.0 Å². The number of benzene rings is 2. The van der Waals surface area contributed by atoms with Crippen LogP contribution in [0.4, 0.5) is 5.69 Å². The largest absolute Gasteiger partial charge is 0.495 e. The second-order valence-corrected chi connectivity index (χ2v) is 8.38. The summed E-state index contributed by atoms with van der Waals surface area (Å²) in [6.45, 7) is 0. The third-order valence-corrected chi connectivity index (χ3v) is 5.91. The summed E-state index contributed by atoms with van der Waals surface area (Å²) in [5.74, 6) is 0.590. The Morgan fingerprint density at radius 1 is 1.07 bits per heavy atom. The van der Waals surface area contributed by atoms with E-state index >= 15 is 0 Å². The van der Waals surface area contributed by atoms with E-state index in [2.05, 4.69) is 5.32 Å². The highest BCUT2D eigenvalue weighted by Gasteiger charge is 2.17. The van der Waals surface area contributed by atoms with Gasteiger partial charge in [-0.25, -0.2) is 13.6 Å². The van der Waals surface area contributed by atoms with Gasteiger partial charge in [-0.2, -0.15) is 0 Å². The van der Waals surface area contributed by atoms with Crippen molar-refractivity contribution in [3.8, 4) is 5.75 Å². The third-order valence-electron chi connectivity index (χ3n) is 5.00. The fourth-order valence-electron chi connectivity index (χ4n) is 3.50. The van der Waals surface area contributed by atoms with Crippen molar-refractivity contribution < 1.29 is 17.9 Å². The lowest BCUT2D eigenvalue weighted by molar-refractivity contribution is 0.102. The maximum atomic E-state index is 12.6. The highest BCUT2D eigenvalue weighted by Crippen LogP contribution is 2.33. The van der Waals surface area contributed by atoms with E-state index in [1.54, 1.807) is 12.1 Å². The summed E-state index contributed by atoms with van der Waals surface area (Å²) in [4.78, 5) is 12.5. The van der Waals surface area contributed by atoms with Gasteiger partial charge in [-0.3, -0.25) is 4.79 Å². The van der Waals surface area contributed by atoms with Crippen LogP contribution in [-0.4, -0.2) is 21.4 Å². The lowest BCUT2D eigenvalue weighted by atomic mass is 9.84. The molecule has 0 aromatic heterocycles. The Hall–Kier alpha value is -2.38. The number of ether oxygens (including phenoxy) is 1. The predicted molar refractivity (Wildman–Crippen MR) is 105 cm³/mol. The van der Waals surface area contributed by atoms with E-state index < -0.39 is 10.0 Å². The standard InChI is InChI=1S/C20H24N2O4S/c1-26-19-12-11-17(27(21,24)25)13-18(19)22-20(23)16-9-7-15(8-10-16)14-5-3-2-4-6-14/h7-14H,2-6H2,1H3,(H,22,23)(H2,21,24,25). The molecule has 0 heterocycles. The number of methoxy groups -OCH3 is 1. The zero-order valence-corrected chi connectivity index (χ0v) is 16.1. The van der Waals surface area contributed by atoms with Crippen LogP contribution in [0.1, 0.15) is 53.9 Å². The summed E-state index contributed by atoms with van der Waals surface area (Å²) < 4.78 is 28.3. The summed E-state index contributed by atoms with van der Waals surface area (Å²) in [6.07, 6.45) is 6.21. The molecule has 1 saturated carbocycles. The fourth-order valence-corrected chi connectivity index (χ4v) is 4.04. The first-order valence-corrected chi connectivity index (χ1v) is 10.6. The second-order valence-electron chi connectivity index (χ2n) is 6.82. The van der Waals surface area contributed by atoms with Gasteiger partial charge in [-0.1, -0.05) is 31.4 Å². The van der Waals surface area contributed by atoms with E-state index in [0.29, 0.717) is 17.2 Å². The Bertz CT molecular complexity index is 917. The quantitative estimate of drug-likeness (QED) is 0.817. The molecule has 0 atom stereocenters. The molecule has 6 nitrogen and oxygen atoms in total. The number of amides is 1. The van der Waals surface area contributed by atoms with Gasteiger partial charge in [0.1, 0.15) is 5.75 Å². The molecular weight excluding hydrogens is 364 g/mol. The number of nitrogens with two attached hydrogens (primary N) is 1. The molecule has 1 aliphatic carbocycles. The summed E-state index contributed by atoms with van der Waals surface area (Å²) >= 11 is 0. The lowest BCUT2D eigenvalue weighted by Crippen LogP contribution is -2.15. The summed E-state index contributed by atoms with van der Waals surface area (Å²) in [6, 6.07) is 11.7. The van der Waals surface area contributed by atoms with Crippen molar-refractivity contribution >= 4 is 21.6 Å². The number of carbonyl (C=O) groups is 1. The van der Waals surface area contributed by atoms with Gasteiger partial charge in [0.2, 0.25) is 10.0 Å². The monoisotopic (exact) mass is 388 g/mol. The van der Waals surface area contributed by atoms with Gasteiger partial charge in [0, 0.05) is 5.56 Å². The van der Waals surface area contributed by atoms with Gasteiger partial charge in [0.05, 0.1) is 17.7 Å². The van der Waals surface area contributed by atoms with E-state index in [9.17, 15) is 13.2 Å². The van der Waals surface area contributed by atoms with E-state index in [1.165, 1.54) is 63.0 Å². The smallest absolute Gasteiger partial charge is 0.255 e. The minimum absolute atomic E-state index is 0.0914. The van der Waals surface area contributed by atoms with Crippen LogP contribution in [0.5, 0.6) is 5.75 Å². The van der Waals surface area contributed by atoms with Crippen LogP contribution in [0.2, 0.25) is 0 Å². The number of rotatable bonds is 5. The van der Waals surface area contributed by atoms with Crippen molar-refractivity contribution in [2.24, 2.45) is 5.14 Å². The Morgan fingerprint density at radius 3 is 2.33 bits per heavy atom. The maximum absolute atomic E-state index is 12.6. The molecule has 144 valence electrons. The van der Waals surface area contributed by atoms with Crippen LogP contribution < -0.4 is 15.2 Å². The van der Waals surface area contributed by atoms with Crippen LogP contribution in [0.3, 0.4) is 0 Å². The minimum atomic E-state index is -3.88. The second kappa shape index (κ2) is 8.10. The molecule has 0 unspecified atom stereocenters. The van der Waals surface area contributed by atoms with Crippen molar-refractivity contribution in [2.75, 3.05) is 12.4 Å². The first-order valence-electron chi connectivity index (χ1n) is 9.00. The molecule has 0 radical (unpaired) electrons. The summed E-state index contributed by atoms with van der Waals surface area (Å²) in [5, 5.41) is 7.87. The highest BCUT2D eigenvalue weighted by atomic mass is 32.2. The van der Waals surface area contributed by atoms with Crippen molar-refractivity contribution in [3.05, 3.63) is 53.6 Å². The van der Waals surface area contributed by atoms with Crippen LogP contribution in [0.25, 0.3) is 0 Å². The molecule has 0 saturated heterocycles. The lowest BCUT2D eigenvalue weighted by Gasteiger charge is -2.22. The highest BCUT2D eigenvalue weighted by molar-refractivity contribution is 7.89. The number of anilines is 1. The van der Waals surface area contributed by atoms with Crippen molar-refractivity contribution in [1.29, 1.82) is 0 Å². The average molecular weight is 388 g/mol. The number of hydrogen-bond donors (Lipinski definition) is 2. The minimum Gasteiger partial charge on any atom is -0.495 e. The Balaban J connectivity index is 1.78. The number of primary sulfonamides is 1. The van der Waals surface area contributed by atoms with Crippen molar-refractivity contribution in [3.63, 3.8) is 0 Å². The van der Waals surface area contributed by atoms with Crippen molar-refractivity contribution in [1.82, 2.24) is 0 Å². The topological polar surface area (TPSA) is 98.5 Å². The molecule has 1 fully saturated rings. The van der Waals surface area contributed by atoms with Crippen LogP contribution in [0.15, 0.2) is 47.4 Å². The first-order chi connectivity index (χ1) is 12.9. The molecule has 0 bridgehead atoms. The number of hydrogen-bond acceptors (Lipinski definition) is 4. The zero-order chi connectivity index (χ0) is 19.4. The summed E-state index contributed by atoms with van der Waals surface area (Å²) in [5.41, 5.74) is 2.02. The third kappa shape index (κ3) is 4.67. The van der Waals surface area contributed by atoms with Gasteiger partial charge in [-0.15, -0.1) is 0 Å². The van der Waals surface area contributed by atoms with E-state index in [-0.39, 0.29) is 16.5 Å². The van der Waals surface area contributed by atoms with E-state index in [1.807, 2.05) is 12.1 Å². The zero-order valence-electron chi connectivity index (χ0n) is 15.3. The molecule has 1 aliphatic rings. The molecular formula is C20H24N2O4S. The van der Waals surface area contributed by atoms with Gasteiger partial charge >= 0.3 is 0 Å². The number of nitrogens with one attached hydrogen (secondary N) is 1. The summed E-state index contributed by atoms with van der Waals surface area (Å²) in [7, 11) is -2.43.